The van der Waals surface area contributed by atoms with Gasteiger partial charge in [0.1, 0.15) is 0 Å². The lowest BCUT2D eigenvalue weighted by Crippen LogP contribution is -2.45. The summed E-state index contributed by atoms with van der Waals surface area (Å²) in [5.74, 6) is -0.881. The van der Waals surface area contributed by atoms with Crippen LogP contribution in [0.1, 0.15) is 58.3 Å². The number of amides is 2. The topological polar surface area (TPSA) is 100 Å². The molecule has 1 rings (SSSR count). The number of morpholine rings is 1. The summed E-state index contributed by atoms with van der Waals surface area (Å²) in [4.78, 5) is 40.0. The first-order valence-electron chi connectivity index (χ1n) is 16.8. The summed E-state index contributed by atoms with van der Waals surface area (Å²) in [5, 5.41) is 5.81. The third-order valence-electron chi connectivity index (χ3n) is 7.02. The summed E-state index contributed by atoms with van der Waals surface area (Å²) in [6.07, 6.45) is 35.3. The van der Waals surface area contributed by atoms with Gasteiger partial charge in [0.2, 0.25) is 11.8 Å². The molecule has 1 saturated heterocycles. The van der Waals surface area contributed by atoms with E-state index in [2.05, 4.69) is 105 Å². The average Bonchev–Trinajstić information content (AvgIpc) is 3.07. The van der Waals surface area contributed by atoms with Crippen LogP contribution in [0.2, 0.25) is 0 Å². The number of allylic oxidation sites excluding steroid dienone is 12. The highest BCUT2D eigenvalue weighted by Crippen LogP contribution is 2.00. The zero-order valence-corrected chi connectivity index (χ0v) is 28.2. The van der Waals surface area contributed by atoms with E-state index < -0.39 is 5.97 Å². The van der Waals surface area contributed by atoms with Gasteiger partial charge in [-0.05, 0) is 44.9 Å². The van der Waals surface area contributed by atoms with Crippen LogP contribution in [0, 0.1) is 0 Å². The Hall–Kier alpha value is -3.53. The molecule has 0 aliphatic carbocycles. The number of esters is 1. The van der Waals surface area contributed by atoms with Crippen LogP contribution in [-0.4, -0.2) is 100 Å². The van der Waals surface area contributed by atoms with E-state index in [1.54, 1.807) is 0 Å². The SMILES string of the molecule is CC/C=C\C/C=C\C/C=C\C/C=C\C/C=C\C/C=C\CCC(=O)NCCN(CCNC(=O)/C=C/C(=O)OC)CCN1CCOCC1. The lowest BCUT2D eigenvalue weighted by atomic mass is 10.2. The second kappa shape index (κ2) is 30.1. The van der Waals surface area contributed by atoms with E-state index in [9.17, 15) is 14.4 Å². The maximum atomic E-state index is 12.3. The molecule has 46 heavy (non-hydrogen) atoms. The highest BCUT2D eigenvalue weighted by Gasteiger charge is 2.13. The van der Waals surface area contributed by atoms with E-state index in [-0.39, 0.29) is 11.8 Å². The third-order valence-corrected chi connectivity index (χ3v) is 7.02. The summed E-state index contributed by atoms with van der Waals surface area (Å²) in [7, 11) is 1.26. The van der Waals surface area contributed by atoms with Crippen LogP contribution in [0.3, 0.4) is 0 Å². The van der Waals surface area contributed by atoms with Gasteiger partial charge in [-0.1, -0.05) is 79.8 Å². The number of nitrogens with zero attached hydrogens (tertiary/aromatic N) is 2. The van der Waals surface area contributed by atoms with Crippen molar-refractivity contribution >= 4 is 17.8 Å². The number of rotatable bonds is 25. The van der Waals surface area contributed by atoms with Crippen molar-refractivity contribution in [2.45, 2.75) is 58.3 Å². The van der Waals surface area contributed by atoms with Gasteiger partial charge in [-0.3, -0.25) is 19.4 Å². The molecule has 1 heterocycles. The van der Waals surface area contributed by atoms with Gasteiger partial charge in [0.25, 0.3) is 0 Å². The maximum Gasteiger partial charge on any atom is 0.330 e. The second-order valence-corrected chi connectivity index (χ2v) is 10.7. The number of nitrogens with one attached hydrogen (secondary N) is 2. The molecule has 1 fully saturated rings. The summed E-state index contributed by atoms with van der Waals surface area (Å²) in [5.41, 5.74) is 0. The number of ether oxygens (including phenoxy) is 2. The van der Waals surface area contributed by atoms with Gasteiger partial charge in [-0.2, -0.15) is 0 Å². The lowest BCUT2D eigenvalue weighted by molar-refractivity contribution is -0.135. The highest BCUT2D eigenvalue weighted by atomic mass is 16.5. The van der Waals surface area contributed by atoms with Crippen molar-refractivity contribution in [1.82, 2.24) is 20.4 Å². The lowest BCUT2D eigenvalue weighted by Gasteiger charge is -2.30. The Morgan fingerprint density at radius 1 is 0.717 bits per heavy atom. The van der Waals surface area contributed by atoms with Crippen LogP contribution < -0.4 is 10.6 Å². The normalized spacial score (nSPS) is 14.8. The molecule has 0 saturated carbocycles. The number of carbonyl (C=O) groups excluding carboxylic acids is 3. The van der Waals surface area contributed by atoms with Crippen LogP contribution >= 0.6 is 0 Å². The molecule has 0 aromatic rings. The Morgan fingerprint density at radius 2 is 1.24 bits per heavy atom. The van der Waals surface area contributed by atoms with Gasteiger partial charge in [0.05, 0.1) is 20.3 Å². The summed E-state index contributed by atoms with van der Waals surface area (Å²) in [6, 6.07) is 0. The quantitative estimate of drug-likeness (QED) is 0.0820. The van der Waals surface area contributed by atoms with Crippen molar-refractivity contribution in [2.75, 3.05) is 72.7 Å². The fourth-order valence-corrected chi connectivity index (χ4v) is 4.35. The Kier molecular flexibility index (Phi) is 26.5. The average molecular weight is 639 g/mol. The van der Waals surface area contributed by atoms with E-state index in [1.807, 2.05) is 0 Å². The highest BCUT2D eigenvalue weighted by molar-refractivity contribution is 5.94. The summed E-state index contributed by atoms with van der Waals surface area (Å²) in [6.45, 7) is 9.48. The predicted octanol–water partition coefficient (Wildman–Crippen LogP) is 5.06. The first-order valence-corrected chi connectivity index (χ1v) is 16.8. The fraction of sp³-hybridized carbons (Fsp3) is 0.541. The van der Waals surface area contributed by atoms with Gasteiger partial charge in [-0.15, -0.1) is 0 Å². The van der Waals surface area contributed by atoms with Crippen molar-refractivity contribution in [3.05, 3.63) is 85.1 Å². The van der Waals surface area contributed by atoms with Crippen molar-refractivity contribution in [3.63, 3.8) is 0 Å². The fourth-order valence-electron chi connectivity index (χ4n) is 4.35. The zero-order chi connectivity index (χ0) is 33.3. The van der Waals surface area contributed by atoms with Crippen LogP contribution in [0.25, 0.3) is 0 Å². The number of hydrogen-bond acceptors (Lipinski definition) is 7. The largest absolute Gasteiger partial charge is 0.466 e. The molecule has 2 amide bonds. The Bertz CT molecular complexity index is 1020. The third kappa shape index (κ3) is 25.8. The molecule has 0 aromatic heterocycles. The van der Waals surface area contributed by atoms with E-state index >= 15 is 0 Å². The van der Waals surface area contributed by atoms with Crippen molar-refractivity contribution in [3.8, 4) is 0 Å². The van der Waals surface area contributed by atoms with Crippen LogP contribution in [-0.2, 0) is 23.9 Å². The molecule has 0 aromatic carbocycles. The Balaban J connectivity index is 2.20. The molecular weight excluding hydrogens is 580 g/mol. The molecule has 2 N–H and O–H groups in total. The smallest absolute Gasteiger partial charge is 0.330 e. The van der Waals surface area contributed by atoms with E-state index in [1.165, 1.54) is 13.2 Å². The van der Waals surface area contributed by atoms with Gasteiger partial charge in [0, 0.05) is 70.9 Å². The van der Waals surface area contributed by atoms with Crippen LogP contribution in [0.5, 0.6) is 0 Å². The standard InChI is InChI=1S/C37H58N4O5/c1-3-4-5-6-7-8-9-10-11-12-13-14-15-16-17-18-19-20-21-22-35(42)38-25-27-40(29-30-41-31-33-46-34-32-41)28-26-39-36(43)23-24-37(44)45-2/h4-5,7-8,10-11,13-14,16-17,19-20,23-24H,3,6,9,12,15,18,21-22,25-34H2,1-2H3,(H,38,42)(H,39,43)/b5-4-,8-7-,11-10-,14-13-,17-16-,20-19-,24-23+. The van der Waals surface area contributed by atoms with Gasteiger partial charge in [0.15, 0.2) is 0 Å². The molecule has 1 aliphatic heterocycles. The number of carbonyl (C=O) groups is 3. The predicted molar refractivity (Wildman–Crippen MR) is 188 cm³/mol. The van der Waals surface area contributed by atoms with Gasteiger partial charge < -0.3 is 20.1 Å². The Morgan fingerprint density at radius 3 is 1.78 bits per heavy atom. The number of methoxy groups -OCH3 is 1. The van der Waals surface area contributed by atoms with Crippen LogP contribution in [0.4, 0.5) is 0 Å². The first kappa shape index (κ1) is 40.5. The van der Waals surface area contributed by atoms with E-state index in [0.717, 1.165) is 84.0 Å². The molecule has 9 nitrogen and oxygen atoms in total. The first-order chi connectivity index (χ1) is 22.5. The molecule has 0 bridgehead atoms. The molecule has 0 radical (unpaired) electrons. The van der Waals surface area contributed by atoms with Crippen molar-refractivity contribution in [1.29, 1.82) is 0 Å². The second-order valence-electron chi connectivity index (χ2n) is 10.7. The molecule has 1 aliphatic rings. The zero-order valence-electron chi connectivity index (χ0n) is 28.2. The van der Waals surface area contributed by atoms with Gasteiger partial charge >= 0.3 is 5.97 Å². The van der Waals surface area contributed by atoms with Crippen molar-refractivity contribution in [2.24, 2.45) is 0 Å². The van der Waals surface area contributed by atoms with Crippen LogP contribution in [0.15, 0.2) is 85.1 Å². The minimum Gasteiger partial charge on any atom is -0.466 e. The van der Waals surface area contributed by atoms with E-state index in [4.69, 9.17) is 4.74 Å². The van der Waals surface area contributed by atoms with E-state index in [0.29, 0.717) is 39.0 Å². The minimum absolute atomic E-state index is 0.0360. The van der Waals surface area contributed by atoms with Crippen molar-refractivity contribution < 1.29 is 23.9 Å². The molecule has 9 heteroatoms. The maximum absolute atomic E-state index is 12.3. The summed E-state index contributed by atoms with van der Waals surface area (Å²) >= 11 is 0. The summed E-state index contributed by atoms with van der Waals surface area (Å²) < 4.78 is 9.94. The molecule has 256 valence electrons. The van der Waals surface area contributed by atoms with Gasteiger partial charge in [-0.25, -0.2) is 4.79 Å². The molecule has 0 spiro atoms. The monoisotopic (exact) mass is 638 g/mol. The number of hydrogen-bond donors (Lipinski definition) is 2. The minimum atomic E-state index is -0.571. The molecular formula is C37H58N4O5. The molecule has 0 unspecified atom stereocenters. The Labute approximate surface area is 277 Å². The molecule has 0 atom stereocenters.